The van der Waals surface area contributed by atoms with Gasteiger partial charge < -0.3 is 10.1 Å². The van der Waals surface area contributed by atoms with Crippen LogP contribution in [-0.2, 0) is 24.9 Å². The van der Waals surface area contributed by atoms with Crippen LogP contribution in [0.25, 0.3) is 0 Å². The van der Waals surface area contributed by atoms with Gasteiger partial charge in [0.15, 0.2) is 0 Å². The Morgan fingerprint density at radius 1 is 1.46 bits per heavy atom. The molecule has 8 nitrogen and oxygen atoms in total. The molecular formula is C16H22N6O2. The fourth-order valence-electron chi connectivity index (χ4n) is 2.79. The third-order valence-corrected chi connectivity index (χ3v) is 3.95. The second-order valence-corrected chi connectivity index (χ2v) is 5.98. The number of ether oxygens (including phenoxy) is 1. The normalized spacial score (nSPS) is 17.8. The number of aryl methyl sites for hydroxylation is 1. The molecule has 1 atom stereocenters. The van der Waals surface area contributed by atoms with Gasteiger partial charge in [-0.25, -0.2) is 0 Å². The smallest absolute Gasteiger partial charge is 0.217 e. The monoisotopic (exact) mass is 330 g/mol. The van der Waals surface area contributed by atoms with E-state index in [-0.39, 0.29) is 12.0 Å². The van der Waals surface area contributed by atoms with Gasteiger partial charge in [-0.05, 0) is 12.5 Å². The lowest BCUT2D eigenvalue weighted by Gasteiger charge is -2.17. The maximum atomic E-state index is 11.1. The third-order valence-electron chi connectivity index (χ3n) is 3.95. The molecule has 0 aliphatic carbocycles. The Morgan fingerprint density at radius 3 is 3.08 bits per heavy atom. The number of aromatic nitrogens is 4. The zero-order valence-electron chi connectivity index (χ0n) is 14.0. The number of hydrogen-bond donors (Lipinski definition) is 1. The Labute approximate surface area is 140 Å². The number of amides is 1. The van der Waals surface area contributed by atoms with Crippen molar-refractivity contribution < 1.29 is 9.53 Å². The second-order valence-electron chi connectivity index (χ2n) is 5.98. The van der Waals surface area contributed by atoms with Gasteiger partial charge in [-0.15, -0.1) is 0 Å². The molecule has 1 fully saturated rings. The van der Waals surface area contributed by atoms with Crippen LogP contribution >= 0.6 is 0 Å². The van der Waals surface area contributed by atoms with Crippen LogP contribution in [0.15, 0.2) is 24.7 Å². The molecule has 1 amide bonds. The summed E-state index contributed by atoms with van der Waals surface area (Å²) in [6.07, 6.45) is 6.28. The zero-order valence-corrected chi connectivity index (χ0v) is 14.0. The first kappa shape index (κ1) is 16.4. The van der Waals surface area contributed by atoms with E-state index in [0.717, 1.165) is 43.1 Å². The van der Waals surface area contributed by atoms with Gasteiger partial charge in [-0.1, -0.05) is 0 Å². The number of nitrogens with one attached hydrogen (secondary N) is 1. The number of nitrogens with zero attached hydrogens (tertiary/aromatic N) is 5. The molecule has 0 unspecified atom stereocenters. The second kappa shape index (κ2) is 7.39. The van der Waals surface area contributed by atoms with Crippen LogP contribution < -0.4 is 10.1 Å². The largest absolute Gasteiger partial charge is 0.487 e. The van der Waals surface area contributed by atoms with Gasteiger partial charge in [0.05, 0.1) is 18.1 Å². The van der Waals surface area contributed by atoms with Gasteiger partial charge in [0.2, 0.25) is 5.91 Å². The molecule has 1 aliphatic heterocycles. The zero-order chi connectivity index (χ0) is 16.9. The lowest BCUT2D eigenvalue weighted by atomic mass is 10.2. The van der Waals surface area contributed by atoms with E-state index in [4.69, 9.17) is 4.74 Å². The minimum absolute atomic E-state index is 0.0613. The number of rotatable bonds is 6. The highest BCUT2D eigenvalue weighted by atomic mass is 16.5. The summed E-state index contributed by atoms with van der Waals surface area (Å²) in [5, 5.41) is 11.2. The van der Waals surface area contributed by atoms with Crippen LogP contribution in [0.5, 0.6) is 5.75 Å². The van der Waals surface area contributed by atoms with Crippen LogP contribution in [0, 0.1) is 0 Å². The first-order valence-electron chi connectivity index (χ1n) is 8.01. The average molecular weight is 330 g/mol. The van der Waals surface area contributed by atoms with E-state index in [0.29, 0.717) is 6.54 Å². The Bertz CT molecular complexity index is 701. The van der Waals surface area contributed by atoms with Crippen molar-refractivity contribution in [2.45, 2.75) is 32.5 Å². The Hall–Kier alpha value is -2.48. The van der Waals surface area contributed by atoms with E-state index < -0.39 is 0 Å². The van der Waals surface area contributed by atoms with E-state index in [1.165, 1.54) is 6.92 Å². The Morgan fingerprint density at radius 2 is 2.33 bits per heavy atom. The van der Waals surface area contributed by atoms with Crippen molar-refractivity contribution in [1.82, 2.24) is 30.2 Å². The van der Waals surface area contributed by atoms with Gasteiger partial charge in [0, 0.05) is 51.9 Å². The van der Waals surface area contributed by atoms with E-state index >= 15 is 0 Å². The van der Waals surface area contributed by atoms with Gasteiger partial charge in [0.25, 0.3) is 0 Å². The molecule has 128 valence electrons. The number of carbonyl (C=O) groups excluding carboxylic acids is 1. The van der Waals surface area contributed by atoms with Crippen molar-refractivity contribution in [3.8, 4) is 5.75 Å². The van der Waals surface area contributed by atoms with Crippen molar-refractivity contribution in [2.24, 2.45) is 7.05 Å². The molecule has 1 N–H and O–H groups in total. The Balaban J connectivity index is 1.56. The molecule has 1 saturated heterocycles. The molecule has 0 radical (unpaired) electrons. The molecule has 0 bridgehead atoms. The van der Waals surface area contributed by atoms with E-state index in [1.807, 2.05) is 13.1 Å². The number of likely N-dealkylation sites (tertiary alicyclic amines) is 1. The summed E-state index contributed by atoms with van der Waals surface area (Å²) in [7, 11) is 1.82. The lowest BCUT2D eigenvalue weighted by molar-refractivity contribution is -0.119. The molecule has 0 aromatic carbocycles. The van der Waals surface area contributed by atoms with E-state index in [9.17, 15) is 4.79 Å². The fourth-order valence-corrected chi connectivity index (χ4v) is 2.79. The first-order chi connectivity index (χ1) is 11.6. The SMILES string of the molecule is CC(=O)NCc1ccncc1O[C@H]1CCN(Cc2cnn(C)n2)C1. The van der Waals surface area contributed by atoms with Crippen LogP contribution in [0.2, 0.25) is 0 Å². The summed E-state index contributed by atoms with van der Waals surface area (Å²) in [6.45, 7) is 4.53. The van der Waals surface area contributed by atoms with Crippen molar-refractivity contribution in [1.29, 1.82) is 0 Å². The molecule has 0 spiro atoms. The summed E-state index contributed by atoms with van der Waals surface area (Å²) in [5.74, 6) is 0.673. The average Bonchev–Trinajstić information content (AvgIpc) is 3.16. The lowest BCUT2D eigenvalue weighted by Crippen LogP contribution is -2.25. The maximum absolute atomic E-state index is 11.1. The highest BCUT2D eigenvalue weighted by molar-refractivity contribution is 5.72. The van der Waals surface area contributed by atoms with Crippen LogP contribution in [0.4, 0.5) is 0 Å². The fraction of sp³-hybridized carbons (Fsp3) is 0.500. The predicted molar refractivity (Wildman–Crippen MR) is 87.1 cm³/mol. The van der Waals surface area contributed by atoms with Crippen LogP contribution in [-0.4, -0.2) is 50.0 Å². The van der Waals surface area contributed by atoms with Crippen molar-refractivity contribution in [3.05, 3.63) is 35.9 Å². The summed E-state index contributed by atoms with van der Waals surface area (Å²) in [4.78, 5) is 19.1. The molecule has 3 heterocycles. The van der Waals surface area contributed by atoms with Crippen LogP contribution in [0.3, 0.4) is 0 Å². The first-order valence-corrected chi connectivity index (χ1v) is 8.01. The predicted octanol–water partition coefficient (Wildman–Crippen LogP) is 0.499. The molecule has 1 aliphatic rings. The summed E-state index contributed by atoms with van der Waals surface area (Å²) in [5.41, 5.74) is 1.90. The molecular weight excluding hydrogens is 308 g/mol. The molecule has 0 saturated carbocycles. The summed E-state index contributed by atoms with van der Waals surface area (Å²) < 4.78 is 6.12. The van der Waals surface area contributed by atoms with E-state index in [2.05, 4.69) is 25.4 Å². The minimum atomic E-state index is -0.0613. The highest BCUT2D eigenvalue weighted by Gasteiger charge is 2.25. The number of hydrogen-bond acceptors (Lipinski definition) is 6. The third kappa shape index (κ3) is 4.29. The summed E-state index contributed by atoms with van der Waals surface area (Å²) in [6, 6.07) is 1.87. The maximum Gasteiger partial charge on any atom is 0.217 e. The highest BCUT2D eigenvalue weighted by Crippen LogP contribution is 2.22. The van der Waals surface area contributed by atoms with Gasteiger partial charge in [0.1, 0.15) is 11.9 Å². The van der Waals surface area contributed by atoms with Gasteiger partial charge >= 0.3 is 0 Å². The van der Waals surface area contributed by atoms with Crippen LogP contribution in [0.1, 0.15) is 24.6 Å². The molecule has 8 heteroatoms. The summed E-state index contributed by atoms with van der Waals surface area (Å²) >= 11 is 0. The molecule has 24 heavy (non-hydrogen) atoms. The van der Waals surface area contributed by atoms with Crippen molar-refractivity contribution in [2.75, 3.05) is 13.1 Å². The quantitative estimate of drug-likeness (QED) is 0.830. The molecule has 2 aromatic heterocycles. The van der Waals surface area contributed by atoms with Gasteiger partial charge in [-0.3, -0.25) is 14.7 Å². The molecule has 3 rings (SSSR count). The van der Waals surface area contributed by atoms with Crippen molar-refractivity contribution >= 4 is 5.91 Å². The van der Waals surface area contributed by atoms with E-state index in [1.54, 1.807) is 23.4 Å². The standard InChI is InChI=1S/C16H22N6O2/c1-12(23)18-7-13-3-5-17-9-16(13)24-15-4-6-22(11-15)10-14-8-19-21(2)20-14/h3,5,8-9,15H,4,6-7,10-11H2,1-2H3,(H,18,23)/t15-/m0/s1. The Kier molecular flexibility index (Phi) is 5.05. The molecule has 2 aromatic rings. The minimum Gasteiger partial charge on any atom is -0.487 e. The van der Waals surface area contributed by atoms with Crippen molar-refractivity contribution in [3.63, 3.8) is 0 Å². The number of carbonyl (C=O) groups is 1. The number of pyridine rings is 1. The topological polar surface area (TPSA) is 85.2 Å². The van der Waals surface area contributed by atoms with Gasteiger partial charge in [-0.2, -0.15) is 15.0 Å².